The van der Waals surface area contributed by atoms with E-state index in [1.807, 2.05) is 80.9 Å². The van der Waals surface area contributed by atoms with Gasteiger partial charge in [-0.05, 0) is 12.1 Å². The summed E-state index contributed by atoms with van der Waals surface area (Å²) >= 11 is 0. The summed E-state index contributed by atoms with van der Waals surface area (Å²) in [4.78, 5) is 26.7. The van der Waals surface area contributed by atoms with Crippen LogP contribution in [0.1, 0.15) is 18.8 Å². The minimum Gasteiger partial charge on any atom is -1.00 e. The molecule has 0 saturated carbocycles. The molecule has 0 atom stereocenters. The molecule has 0 radical (unpaired) electrons. The number of aromatic amines is 2. The Morgan fingerprint density at radius 2 is 1.24 bits per heavy atom. The molecular weight excluding hydrogens is 500 g/mol. The molecule has 4 rings (SSSR count). The molecule has 0 saturated heterocycles. The topological polar surface area (TPSA) is 96.8 Å². The highest BCUT2D eigenvalue weighted by atomic mass is 35.5. The van der Waals surface area contributed by atoms with Crippen LogP contribution in [0.25, 0.3) is 33.2 Å². The normalized spacial score (nSPS) is 11.3. The number of aromatic nitrogens is 6. The van der Waals surface area contributed by atoms with Crippen LogP contribution in [0, 0.1) is 0 Å². The van der Waals surface area contributed by atoms with Crippen molar-refractivity contribution in [3.05, 3.63) is 61.0 Å². The largest absolute Gasteiger partial charge is 1.00 e. The van der Waals surface area contributed by atoms with Gasteiger partial charge in [0.1, 0.15) is 63.9 Å². The van der Waals surface area contributed by atoms with Crippen molar-refractivity contribution in [1.29, 1.82) is 0 Å². The van der Waals surface area contributed by atoms with Gasteiger partial charge in [-0.3, -0.25) is 0 Å². The van der Waals surface area contributed by atoms with E-state index < -0.39 is 0 Å². The summed E-state index contributed by atoms with van der Waals surface area (Å²) in [6.45, 7) is 0. The Morgan fingerprint density at radius 3 is 1.66 bits per heavy atom. The van der Waals surface area contributed by atoms with Gasteiger partial charge < -0.3 is 32.2 Å². The van der Waals surface area contributed by atoms with Crippen LogP contribution >= 0.6 is 0 Å². The first kappa shape index (κ1) is 32.1. The molecule has 0 aromatic carbocycles. The summed E-state index contributed by atoms with van der Waals surface area (Å²) in [6.07, 6.45) is 15.3. The third-order valence-electron chi connectivity index (χ3n) is 4.89. The van der Waals surface area contributed by atoms with Gasteiger partial charge in [0, 0.05) is 43.5 Å². The number of fused-ring (bicyclic) bond motifs is 2. The molecule has 4 aromatic heterocycles. The van der Waals surface area contributed by atoms with Crippen LogP contribution in [0.5, 0.6) is 0 Å². The lowest BCUT2D eigenvalue weighted by Gasteiger charge is -2.07. The van der Waals surface area contributed by atoms with Gasteiger partial charge in [0.15, 0.2) is 12.4 Å². The van der Waals surface area contributed by atoms with E-state index in [9.17, 15) is 0 Å². The minimum absolute atomic E-state index is 0. The van der Waals surface area contributed by atoms with Crippen LogP contribution in [0.4, 0.5) is 0 Å². The van der Waals surface area contributed by atoms with E-state index in [4.69, 9.17) is 0 Å². The maximum absolute atomic E-state index is 4.41. The van der Waals surface area contributed by atoms with Gasteiger partial charge in [-0.25, -0.2) is 29.1 Å². The molecule has 0 aliphatic carbocycles. The fourth-order valence-electron chi connectivity index (χ4n) is 3.67. The van der Waals surface area contributed by atoms with Crippen molar-refractivity contribution < 1.29 is 26.5 Å². The number of allylic oxidation sites excluding steroid dienone is 2. The van der Waals surface area contributed by atoms with E-state index in [-0.39, 0.29) is 19.8 Å². The van der Waals surface area contributed by atoms with E-state index in [0.29, 0.717) is 0 Å². The van der Waals surface area contributed by atoms with Crippen molar-refractivity contribution in [2.24, 2.45) is 0 Å². The molecule has 0 unspecified atom stereocenters. The summed E-state index contributed by atoms with van der Waals surface area (Å²) in [5.41, 5.74) is 5.76. The highest BCUT2D eigenvalue weighted by Gasteiger charge is 2.13. The number of hydrogen-bond acceptors (Lipinski definition) is 5. The van der Waals surface area contributed by atoms with Gasteiger partial charge >= 0.3 is 0 Å². The second-order valence-corrected chi connectivity index (χ2v) is 9.33. The molecule has 11 heteroatoms. The molecule has 0 spiro atoms. The number of halogens is 1. The summed E-state index contributed by atoms with van der Waals surface area (Å²) in [5.74, 6) is 0. The van der Waals surface area contributed by atoms with Crippen LogP contribution < -0.4 is 17.3 Å². The van der Waals surface area contributed by atoms with Gasteiger partial charge in [0.05, 0.1) is 31.1 Å². The van der Waals surface area contributed by atoms with Gasteiger partial charge in [-0.15, -0.1) is 0 Å². The van der Waals surface area contributed by atoms with Crippen molar-refractivity contribution in [3.63, 3.8) is 0 Å². The number of nitrogens with zero attached hydrogens (tertiary/aromatic N) is 7. The maximum Gasteiger partial charge on any atom is 0.177 e. The Kier molecular flexibility index (Phi) is 12.5. The van der Waals surface area contributed by atoms with Crippen LogP contribution in [-0.4, -0.2) is 113 Å². The Hall–Kier alpha value is -3.89. The first-order valence-electron chi connectivity index (χ1n) is 11.6. The van der Waals surface area contributed by atoms with Crippen molar-refractivity contribution in [2.75, 3.05) is 56.4 Å². The zero-order chi connectivity index (χ0) is 26.2. The van der Waals surface area contributed by atoms with Gasteiger partial charge in [0.25, 0.3) is 0 Å². The predicted octanol–water partition coefficient (Wildman–Crippen LogP) is -1.37. The quantitative estimate of drug-likeness (QED) is 0.207. The van der Waals surface area contributed by atoms with Crippen LogP contribution in [0.2, 0.25) is 0 Å². The average molecular weight is 541 g/mol. The highest BCUT2D eigenvalue weighted by Crippen LogP contribution is 2.20. The summed E-state index contributed by atoms with van der Waals surface area (Å²) < 4.78 is 4.03. The standard InChI is InChI=1S/2C13H18N5.CH4.ClH/c2*1-17(2)7-10(8-18(3)4)12-11-5-6-14-13(11)16-9-15-12;;/h2*5-9H,1-4H3,(H,14,15,16);1H4;1H/q2*+1;;. The molecule has 0 amide bonds. The first-order valence-corrected chi connectivity index (χ1v) is 11.6. The van der Waals surface area contributed by atoms with Gasteiger partial charge in [-0.2, -0.15) is 0 Å². The van der Waals surface area contributed by atoms with E-state index >= 15 is 0 Å². The molecule has 38 heavy (non-hydrogen) atoms. The zero-order valence-electron chi connectivity index (χ0n) is 22.8. The average Bonchev–Trinajstić information content (AvgIpc) is 3.46. The van der Waals surface area contributed by atoms with Crippen LogP contribution in [-0.2, 0) is 0 Å². The van der Waals surface area contributed by atoms with E-state index in [0.717, 1.165) is 44.6 Å². The van der Waals surface area contributed by atoms with Crippen molar-refractivity contribution >= 4 is 45.6 Å². The molecule has 0 aliphatic rings. The van der Waals surface area contributed by atoms with E-state index in [1.165, 1.54) is 4.90 Å². The molecule has 0 bridgehead atoms. The van der Waals surface area contributed by atoms with E-state index in [2.05, 4.69) is 68.8 Å². The molecular formula is C27H41ClN10+2. The van der Waals surface area contributed by atoms with Crippen molar-refractivity contribution in [1.82, 2.24) is 34.8 Å². The molecule has 3 N–H and O–H groups in total. The van der Waals surface area contributed by atoms with Crippen molar-refractivity contribution in [2.45, 2.75) is 7.43 Å². The second kappa shape index (κ2) is 14.7. The van der Waals surface area contributed by atoms with Gasteiger partial charge in [0.2, 0.25) is 0 Å². The lowest BCUT2D eigenvalue weighted by Crippen LogP contribution is -3.00. The molecule has 10 nitrogen and oxygen atoms in total. The first-order chi connectivity index (χ1) is 17.2. The van der Waals surface area contributed by atoms with E-state index in [1.54, 1.807) is 12.7 Å². The SMILES string of the molecule is C.CN(C)/C=C(/C=[N+](C)C)c1ncnc2[nH]ccc12.C[N+](C)=C/C(=C/[NH+](C)C)c1ncnc2[nH]ccc12.[Cl-]. The predicted molar refractivity (Wildman–Crippen MR) is 153 cm³/mol. The fraction of sp³-hybridized carbons (Fsp3) is 0.333. The molecule has 4 aromatic rings. The second-order valence-electron chi connectivity index (χ2n) is 9.33. The number of nitrogens with one attached hydrogen (secondary N) is 3. The number of hydrogen-bond donors (Lipinski definition) is 3. The van der Waals surface area contributed by atoms with Crippen molar-refractivity contribution in [3.8, 4) is 0 Å². The molecule has 204 valence electrons. The minimum atomic E-state index is 0. The molecule has 0 fully saturated rings. The molecule has 4 heterocycles. The van der Waals surface area contributed by atoms with Crippen LogP contribution in [0.3, 0.4) is 0 Å². The lowest BCUT2D eigenvalue weighted by molar-refractivity contribution is -0.800. The Bertz CT molecular complexity index is 1320. The third-order valence-corrected chi connectivity index (χ3v) is 4.89. The summed E-state index contributed by atoms with van der Waals surface area (Å²) in [5, 5.41) is 2.08. The highest BCUT2D eigenvalue weighted by molar-refractivity contribution is 6.11. The lowest BCUT2D eigenvalue weighted by atomic mass is 10.1. The smallest absolute Gasteiger partial charge is 0.177 e. The van der Waals surface area contributed by atoms with Gasteiger partial charge in [-0.1, -0.05) is 7.43 Å². The summed E-state index contributed by atoms with van der Waals surface area (Å²) in [6, 6.07) is 4.00. The monoisotopic (exact) mass is 540 g/mol. The number of H-pyrrole nitrogens is 2. The van der Waals surface area contributed by atoms with Crippen LogP contribution in [0.15, 0.2) is 49.6 Å². The Morgan fingerprint density at radius 1 is 0.789 bits per heavy atom. The number of quaternary nitrogens is 1. The number of rotatable bonds is 6. The third kappa shape index (κ3) is 8.60. The Balaban J connectivity index is 0.000000361. The fourth-order valence-corrected chi connectivity index (χ4v) is 3.67. The summed E-state index contributed by atoms with van der Waals surface area (Å²) in [7, 11) is 16.2. The maximum atomic E-state index is 4.41. The Labute approximate surface area is 231 Å². The zero-order valence-corrected chi connectivity index (χ0v) is 23.5. The molecule has 0 aliphatic heterocycles.